The number of alkyl halides is 2. The molecule has 25 heavy (non-hydrogen) atoms. The molecule has 0 radical (unpaired) electrons. The van der Waals surface area contributed by atoms with Crippen molar-refractivity contribution in [2.75, 3.05) is 5.32 Å². The van der Waals surface area contributed by atoms with Crippen LogP contribution in [-0.2, 0) is 0 Å². The third-order valence-corrected chi connectivity index (χ3v) is 3.60. The van der Waals surface area contributed by atoms with Crippen LogP contribution in [0.25, 0.3) is 5.69 Å². The van der Waals surface area contributed by atoms with E-state index in [1.165, 1.54) is 35.1 Å². The van der Waals surface area contributed by atoms with Gasteiger partial charge in [0.15, 0.2) is 0 Å². The molecule has 0 fully saturated rings. The molecule has 8 heteroatoms. The predicted molar refractivity (Wildman–Crippen MR) is 89.6 cm³/mol. The lowest BCUT2D eigenvalue weighted by Crippen LogP contribution is -2.11. The molecular formula is C17H12ClF2N3O2. The van der Waals surface area contributed by atoms with Gasteiger partial charge >= 0.3 is 6.61 Å². The van der Waals surface area contributed by atoms with Crippen molar-refractivity contribution in [3.8, 4) is 11.4 Å². The number of carbonyl (C=O) groups is 1. The maximum absolute atomic E-state index is 12.3. The van der Waals surface area contributed by atoms with Gasteiger partial charge in [-0.25, -0.2) is 4.68 Å². The summed E-state index contributed by atoms with van der Waals surface area (Å²) in [5.74, 6) is -0.375. The molecule has 0 spiro atoms. The van der Waals surface area contributed by atoms with Gasteiger partial charge in [0.2, 0.25) is 0 Å². The summed E-state index contributed by atoms with van der Waals surface area (Å²) >= 11 is 6.10. The van der Waals surface area contributed by atoms with Crippen molar-refractivity contribution in [2.45, 2.75) is 6.61 Å². The molecule has 3 aromatic rings. The van der Waals surface area contributed by atoms with Gasteiger partial charge in [0.1, 0.15) is 5.75 Å². The molecule has 1 aromatic heterocycles. The second-order valence-electron chi connectivity index (χ2n) is 4.98. The van der Waals surface area contributed by atoms with E-state index in [2.05, 4.69) is 15.2 Å². The molecule has 1 amide bonds. The van der Waals surface area contributed by atoms with Gasteiger partial charge in [-0.05, 0) is 36.4 Å². The first kappa shape index (κ1) is 16.9. The average molecular weight is 364 g/mol. The fourth-order valence-corrected chi connectivity index (χ4v) is 2.35. The fraction of sp³-hybridized carbons (Fsp3) is 0.0588. The Hall–Kier alpha value is -2.93. The van der Waals surface area contributed by atoms with Crippen LogP contribution in [0.2, 0.25) is 5.02 Å². The van der Waals surface area contributed by atoms with Crippen molar-refractivity contribution in [2.24, 2.45) is 0 Å². The molecule has 1 heterocycles. The van der Waals surface area contributed by atoms with Gasteiger partial charge in [-0.15, -0.1) is 0 Å². The van der Waals surface area contributed by atoms with E-state index in [-0.39, 0.29) is 11.7 Å². The average Bonchev–Trinajstić information content (AvgIpc) is 3.06. The minimum Gasteiger partial charge on any atom is -0.435 e. The highest BCUT2D eigenvalue weighted by Crippen LogP contribution is 2.20. The van der Waals surface area contributed by atoms with E-state index in [9.17, 15) is 13.6 Å². The van der Waals surface area contributed by atoms with Crippen LogP contribution in [0.15, 0.2) is 60.9 Å². The zero-order chi connectivity index (χ0) is 17.8. The predicted octanol–water partition coefficient (Wildman–Crippen LogP) is 4.38. The number of anilines is 1. The van der Waals surface area contributed by atoms with Gasteiger partial charge in [-0.2, -0.15) is 13.9 Å². The number of hydrogen-bond donors (Lipinski definition) is 1. The molecule has 0 atom stereocenters. The van der Waals surface area contributed by atoms with Crippen molar-refractivity contribution in [3.05, 3.63) is 71.5 Å². The summed E-state index contributed by atoms with van der Waals surface area (Å²) in [4.78, 5) is 12.3. The van der Waals surface area contributed by atoms with Gasteiger partial charge in [0, 0.05) is 11.9 Å². The normalized spacial score (nSPS) is 10.7. The second-order valence-corrected chi connectivity index (χ2v) is 5.39. The highest BCUT2D eigenvalue weighted by Gasteiger charge is 2.11. The summed E-state index contributed by atoms with van der Waals surface area (Å²) in [7, 11) is 0. The number of para-hydroxylation sites is 1. The quantitative estimate of drug-likeness (QED) is 0.732. The first-order valence-corrected chi connectivity index (χ1v) is 7.56. The minimum absolute atomic E-state index is 0.0135. The maximum atomic E-state index is 12.3. The highest BCUT2D eigenvalue weighted by atomic mass is 35.5. The van der Waals surface area contributed by atoms with Crippen molar-refractivity contribution >= 4 is 23.2 Å². The van der Waals surface area contributed by atoms with Crippen LogP contribution in [-0.4, -0.2) is 22.3 Å². The summed E-state index contributed by atoms with van der Waals surface area (Å²) in [5, 5.41) is 7.28. The third kappa shape index (κ3) is 4.13. The van der Waals surface area contributed by atoms with E-state index >= 15 is 0 Å². The van der Waals surface area contributed by atoms with Crippen molar-refractivity contribution in [3.63, 3.8) is 0 Å². The number of halogens is 3. The third-order valence-electron chi connectivity index (χ3n) is 3.28. The number of rotatable bonds is 5. The number of benzene rings is 2. The molecule has 0 bridgehead atoms. The molecule has 0 unspecified atom stereocenters. The molecule has 0 aliphatic rings. The Morgan fingerprint density at radius 3 is 2.56 bits per heavy atom. The monoisotopic (exact) mass is 363 g/mol. The lowest BCUT2D eigenvalue weighted by Gasteiger charge is -2.06. The Kier molecular flexibility index (Phi) is 4.95. The van der Waals surface area contributed by atoms with Gasteiger partial charge in [0.05, 0.1) is 22.5 Å². The summed E-state index contributed by atoms with van der Waals surface area (Å²) in [6, 6.07) is 12.7. The molecule has 2 aromatic carbocycles. The summed E-state index contributed by atoms with van der Waals surface area (Å²) in [6.07, 6.45) is 2.96. The minimum atomic E-state index is -2.89. The van der Waals surface area contributed by atoms with Crippen molar-refractivity contribution < 1.29 is 18.3 Å². The Morgan fingerprint density at radius 2 is 1.88 bits per heavy atom. The lowest BCUT2D eigenvalue weighted by atomic mass is 10.2. The molecule has 0 saturated heterocycles. The SMILES string of the molecule is O=C(Nc1ccc(OC(F)F)cc1)c1cnn(-c2ccccc2Cl)c1. The molecular weight excluding hydrogens is 352 g/mol. The molecule has 0 aliphatic heterocycles. The van der Waals surface area contributed by atoms with Crippen LogP contribution >= 0.6 is 11.6 Å². The Morgan fingerprint density at radius 1 is 1.16 bits per heavy atom. The zero-order valence-corrected chi connectivity index (χ0v) is 13.5. The maximum Gasteiger partial charge on any atom is 0.387 e. The zero-order valence-electron chi connectivity index (χ0n) is 12.7. The van der Waals surface area contributed by atoms with Gasteiger partial charge in [0.25, 0.3) is 5.91 Å². The number of nitrogens with one attached hydrogen (secondary N) is 1. The van der Waals surface area contributed by atoms with Crippen molar-refractivity contribution in [1.82, 2.24) is 9.78 Å². The summed E-state index contributed by atoms with van der Waals surface area (Å²) in [5.41, 5.74) is 1.42. The van der Waals surface area contributed by atoms with Crippen LogP contribution in [0.1, 0.15) is 10.4 Å². The second kappa shape index (κ2) is 7.31. The number of ether oxygens (including phenoxy) is 1. The highest BCUT2D eigenvalue weighted by molar-refractivity contribution is 6.32. The molecule has 0 aliphatic carbocycles. The Balaban J connectivity index is 1.71. The number of aromatic nitrogens is 2. The first-order valence-electron chi connectivity index (χ1n) is 7.19. The molecule has 128 valence electrons. The topological polar surface area (TPSA) is 56.1 Å². The van der Waals surface area contributed by atoms with Gasteiger partial charge in [-0.3, -0.25) is 4.79 Å². The largest absolute Gasteiger partial charge is 0.435 e. The summed E-state index contributed by atoms with van der Waals surface area (Å²) < 4.78 is 30.0. The number of nitrogens with zero attached hydrogens (tertiary/aromatic N) is 2. The smallest absolute Gasteiger partial charge is 0.387 e. The van der Waals surface area contributed by atoms with Crippen LogP contribution in [0, 0.1) is 0 Å². The standard InChI is InChI=1S/C17H12ClF2N3O2/c18-14-3-1-2-4-15(14)23-10-11(9-21-23)16(24)22-12-5-7-13(8-6-12)25-17(19)20/h1-10,17H,(H,22,24). The number of carbonyl (C=O) groups excluding carboxylic acids is 1. The van der Waals surface area contributed by atoms with Gasteiger partial charge < -0.3 is 10.1 Å². The molecule has 1 N–H and O–H groups in total. The van der Waals surface area contributed by atoms with Crippen LogP contribution in [0.3, 0.4) is 0 Å². The summed E-state index contributed by atoms with van der Waals surface area (Å²) in [6.45, 7) is -2.89. The van der Waals surface area contributed by atoms with E-state index in [4.69, 9.17) is 11.6 Å². The lowest BCUT2D eigenvalue weighted by molar-refractivity contribution is -0.0498. The molecule has 3 rings (SSSR count). The Bertz CT molecular complexity index is 882. The first-order chi connectivity index (χ1) is 12.0. The Labute approximate surface area is 146 Å². The molecule has 5 nitrogen and oxygen atoms in total. The number of amides is 1. The van der Waals surface area contributed by atoms with E-state index in [1.54, 1.807) is 24.4 Å². The number of hydrogen-bond acceptors (Lipinski definition) is 3. The van der Waals surface area contributed by atoms with Crippen LogP contribution in [0.5, 0.6) is 5.75 Å². The van der Waals surface area contributed by atoms with Crippen molar-refractivity contribution in [1.29, 1.82) is 0 Å². The van der Waals surface area contributed by atoms with E-state index in [0.717, 1.165) is 0 Å². The van der Waals surface area contributed by atoms with Crippen LogP contribution in [0.4, 0.5) is 14.5 Å². The molecule has 0 saturated carbocycles. The van der Waals surface area contributed by atoms with E-state index < -0.39 is 6.61 Å². The van der Waals surface area contributed by atoms with E-state index in [0.29, 0.717) is 22.0 Å². The van der Waals surface area contributed by atoms with Gasteiger partial charge in [-0.1, -0.05) is 23.7 Å². The fourth-order valence-electron chi connectivity index (χ4n) is 2.13. The van der Waals surface area contributed by atoms with Crippen LogP contribution < -0.4 is 10.1 Å². The van der Waals surface area contributed by atoms with E-state index in [1.807, 2.05) is 6.07 Å².